The minimum atomic E-state index is -0.941. The summed E-state index contributed by atoms with van der Waals surface area (Å²) in [5.41, 5.74) is -0.137. The fraction of sp³-hybridized carbons (Fsp3) is 0.464. The number of H-pyrrole nitrogens is 1. The van der Waals surface area contributed by atoms with Crippen LogP contribution >= 0.6 is 0 Å². The van der Waals surface area contributed by atoms with Gasteiger partial charge in [-0.05, 0) is 60.9 Å². The van der Waals surface area contributed by atoms with Gasteiger partial charge in [-0.15, -0.1) is 0 Å². The number of benzene rings is 1. The van der Waals surface area contributed by atoms with Gasteiger partial charge in [0.1, 0.15) is 17.2 Å². The first-order valence-corrected chi connectivity index (χ1v) is 12.1. The van der Waals surface area contributed by atoms with E-state index in [-0.39, 0.29) is 35.7 Å². The summed E-state index contributed by atoms with van der Waals surface area (Å²) in [5.74, 6) is -0.836. The summed E-state index contributed by atoms with van der Waals surface area (Å²) in [7, 11) is 0. The Bertz CT molecular complexity index is 1250. The maximum atomic E-state index is 14.8. The van der Waals surface area contributed by atoms with Crippen LogP contribution in [-0.4, -0.2) is 21.7 Å². The van der Waals surface area contributed by atoms with Gasteiger partial charge < -0.3 is 19.7 Å². The number of rotatable bonds is 7. The van der Waals surface area contributed by atoms with Crippen LogP contribution in [0.4, 0.5) is 4.39 Å². The van der Waals surface area contributed by atoms with E-state index in [9.17, 15) is 19.1 Å². The summed E-state index contributed by atoms with van der Waals surface area (Å²) in [6.45, 7) is 10.7. The van der Waals surface area contributed by atoms with E-state index < -0.39 is 22.9 Å². The Morgan fingerprint density at radius 1 is 1.20 bits per heavy atom. The number of aromatic nitrogens is 1. The fourth-order valence-electron chi connectivity index (χ4n) is 5.42. The van der Waals surface area contributed by atoms with Crippen molar-refractivity contribution >= 4 is 5.97 Å². The summed E-state index contributed by atoms with van der Waals surface area (Å²) in [6, 6.07) is 8.05. The van der Waals surface area contributed by atoms with Crippen LogP contribution in [0.1, 0.15) is 69.1 Å². The van der Waals surface area contributed by atoms with E-state index >= 15 is 0 Å². The van der Waals surface area contributed by atoms with E-state index in [4.69, 9.17) is 11.3 Å². The van der Waals surface area contributed by atoms with Crippen molar-refractivity contribution in [3.8, 4) is 0 Å². The largest absolute Gasteiger partial charge is 0.512 e. The molecule has 4 rings (SSSR count). The van der Waals surface area contributed by atoms with E-state index in [1.165, 1.54) is 18.3 Å². The van der Waals surface area contributed by atoms with Crippen LogP contribution in [0.5, 0.6) is 0 Å². The zero-order valence-corrected chi connectivity index (χ0v) is 20.2. The number of ether oxygens (including phenoxy) is 1. The van der Waals surface area contributed by atoms with Gasteiger partial charge in [0.05, 0.1) is 11.1 Å². The third-order valence-corrected chi connectivity index (χ3v) is 7.49. The number of aromatic amines is 1. The third-order valence-electron chi connectivity index (χ3n) is 7.49. The number of carbonyl (C=O) groups excluding carboxylic acids is 1. The lowest BCUT2D eigenvalue weighted by molar-refractivity contribution is -0.167. The van der Waals surface area contributed by atoms with Crippen molar-refractivity contribution < 1.29 is 19.0 Å². The molecule has 0 saturated heterocycles. The number of aliphatic hydroxyl groups excluding tert-OH is 1. The highest BCUT2D eigenvalue weighted by Crippen LogP contribution is 2.46. The average Bonchev–Trinajstić information content (AvgIpc) is 3.36. The third kappa shape index (κ3) is 5.17. The second kappa shape index (κ2) is 9.69. The van der Waals surface area contributed by atoms with Crippen molar-refractivity contribution in [2.24, 2.45) is 5.92 Å². The first-order chi connectivity index (χ1) is 16.6. The number of pyridine rings is 1. The number of hydrogen-bond donors (Lipinski definition) is 2. The molecule has 2 aromatic rings. The molecule has 1 fully saturated rings. The fourth-order valence-corrected chi connectivity index (χ4v) is 5.42. The molecule has 6 nitrogen and oxygen atoms in total. The molecule has 0 amide bonds. The molecule has 0 radical (unpaired) electrons. The van der Waals surface area contributed by atoms with E-state index in [1.54, 1.807) is 26.0 Å². The number of aryl methyl sites for hydroxylation is 1. The Balaban J connectivity index is 1.58. The van der Waals surface area contributed by atoms with Gasteiger partial charge in [-0.1, -0.05) is 18.9 Å². The van der Waals surface area contributed by atoms with Crippen LogP contribution in [0.2, 0.25) is 0 Å². The molecule has 1 aromatic carbocycles. The standard InChI is InChI=1S/C28H31FN2O4/c1-27(2,30-3)22-9-8-18(15-23(22)29)10-12-28(20-6-4-5-7-20)17-24(32)21(26(34)35-28)14-19-11-13-31-25(33)16-19/h8-9,11,13,15-16,20,32H,4-7,10,12,14,17H2,1-2H3,(H,31,33). The quantitative estimate of drug-likeness (QED) is 0.405. The molecule has 35 heavy (non-hydrogen) atoms. The summed E-state index contributed by atoms with van der Waals surface area (Å²) in [6.07, 6.45) is 6.72. The normalized spacial score (nSPS) is 21.1. The molecule has 0 spiro atoms. The molecule has 1 unspecified atom stereocenters. The minimum absolute atomic E-state index is 0.00812. The van der Waals surface area contributed by atoms with Crippen molar-refractivity contribution in [3.63, 3.8) is 0 Å². The molecule has 7 heteroatoms. The number of nitrogens with one attached hydrogen (secondary N) is 1. The SMILES string of the molecule is [C-]#[N+]C(C)(C)c1ccc(CCC2(C3CCCC3)CC(O)=C(Cc3cc[nH]c(=O)c3)C(=O)O2)cc1F. The Kier molecular flexibility index (Phi) is 6.84. The Hall–Kier alpha value is -3.40. The lowest BCUT2D eigenvalue weighted by Crippen LogP contribution is -2.46. The summed E-state index contributed by atoms with van der Waals surface area (Å²) in [5, 5.41) is 11.0. The molecule has 0 bridgehead atoms. The first kappa shape index (κ1) is 24.7. The van der Waals surface area contributed by atoms with Crippen molar-refractivity contribution in [2.75, 3.05) is 0 Å². The van der Waals surface area contributed by atoms with Crippen LogP contribution < -0.4 is 5.56 Å². The maximum absolute atomic E-state index is 14.8. The van der Waals surface area contributed by atoms with Gasteiger partial charge in [0.15, 0.2) is 0 Å². The van der Waals surface area contributed by atoms with E-state index in [1.807, 2.05) is 6.07 Å². The summed E-state index contributed by atoms with van der Waals surface area (Å²) in [4.78, 5) is 30.8. The molecular weight excluding hydrogens is 447 g/mol. The lowest BCUT2D eigenvalue weighted by Gasteiger charge is -2.42. The van der Waals surface area contributed by atoms with Crippen molar-refractivity contribution in [2.45, 2.75) is 76.4 Å². The van der Waals surface area contributed by atoms with Gasteiger partial charge in [0.2, 0.25) is 5.56 Å². The van der Waals surface area contributed by atoms with Gasteiger partial charge in [-0.3, -0.25) is 4.79 Å². The second-order valence-electron chi connectivity index (χ2n) is 10.3. The Labute approximate surface area is 204 Å². The molecule has 1 aromatic heterocycles. The van der Waals surface area contributed by atoms with Crippen LogP contribution in [-0.2, 0) is 27.9 Å². The van der Waals surface area contributed by atoms with Crippen LogP contribution in [0.15, 0.2) is 52.7 Å². The van der Waals surface area contributed by atoms with Gasteiger partial charge in [0, 0.05) is 39.0 Å². The Morgan fingerprint density at radius 3 is 2.57 bits per heavy atom. The van der Waals surface area contributed by atoms with Crippen LogP contribution in [0.25, 0.3) is 4.85 Å². The zero-order valence-electron chi connectivity index (χ0n) is 20.2. The maximum Gasteiger partial charge on any atom is 0.338 e. The zero-order chi connectivity index (χ0) is 25.2. The topological polar surface area (TPSA) is 83.8 Å². The van der Waals surface area contributed by atoms with Gasteiger partial charge in [-0.2, -0.15) is 0 Å². The molecule has 1 aliphatic carbocycles. The molecule has 1 aliphatic heterocycles. The van der Waals surface area contributed by atoms with Crippen molar-refractivity contribution in [1.29, 1.82) is 0 Å². The molecule has 2 aliphatic rings. The highest BCUT2D eigenvalue weighted by molar-refractivity contribution is 5.90. The second-order valence-corrected chi connectivity index (χ2v) is 10.3. The highest BCUT2D eigenvalue weighted by Gasteiger charge is 2.48. The number of cyclic esters (lactones) is 1. The number of aliphatic hydroxyl groups is 1. The number of esters is 1. The van der Waals surface area contributed by atoms with Gasteiger partial charge >= 0.3 is 5.97 Å². The van der Waals surface area contributed by atoms with E-state index in [2.05, 4.69) is 9.83 Å². The molecule has 184 valence electrons. The minimum Gasteiger partial charge on any atom is -0.512 e. The van der Waals surface area contributed by atoms with Crippen molar-refractivity contribution in [3.05, 3.63) is 92.1 Å². The molecular formula is C28H31FN2O4. The van der Waals surface area contributed by atoms with E-state index in [0.717, 1.165) is 31.2 Å². The molecule has 2 N–H and O–H groups in total. The van der Waals surface area contributed by atoms with Crippen LogP contribution in [0.3, 0.4) is 0 Å². The predicted molar refractivity (Wildman–Crippen MR) is 130 cm³/mol. The van der Waals surface area contributed by atoms with E-state index in [0.29, 0.717) is 24.0 Å². The Morgan fingerprint density at radius 2 is 1.94 bits per heavy atom. The van der Waals surface area contributed by atoms with Crippen LogP contribution in [0, 0.1) is 18.3 Å². The summed E-state index contributed by atoms with van der Waals surface area (Å²) >= 11 is 0. The predicted octanol–water partition coefficient (Wildman–Crippen LogP) is 5.53. The molecule has 1 saturated carbocycles. The number of hydrogen-bond acceptors (Lipinski definition) is 4. The summed E-state index contributed by atoms with van der Waals surface area (Å²) < 4.78 is 20.9. The van der Waals surface area contributed by atoms with Gasteiger partial charge in [0.25, 0.3) is 5.54 Å². The number of carbonyl (C=O) groups is 1. The molecule has 1 atom stereocenters. The number of halogens is 1. The monoisotopic (exact) mass is 478 g/mol. The first-order valence-electron chi connectivity index (χ1n) is 12.1. The molecule has 2 heterocycles. The van der Waals surface area contributed by atoms with Crippen molar-refractivity contribution in [1.82, 2.24) is 4.98 Å². The lowest BCUT2D eigenvalue weighted by atomic mass is 9.76. The average molecular weight is 479 g/mol. The van der Waals surface area contributed by atoms with Gasteiger partial charge in [-0.25, -0.2) is 15.8 Å². The highest BCUT2D eigenvalue weighted by atomic mass is 19.1. The number of nitrogens with zero attached hydrogens (tertiary/aromatic N) is 1. The smallest absolute Gasteiger partial charge is 0.338 e.